The van der Waals surface area contributed by atoms with E-state index in [0.717, 1.165) is 47.8 Å². The van der Waals surface area contributed by atoms with Gasteiger partial charge in [-0.2, -0.15) is 0 Å². The van der Waals surface area contributed by atoms with Crippen LogP contribution in [0.2, 0.25) is 0 Å². The van der Waals surface area contributed by atoms with Crippen molar-refractivity contribution in [2.75, 3.05) is 4.90 Å². The summed E-state index contributed by atoms with van der Waals surface area (Å²) in [5.74, 6) is -4.37. The summed E-state index contributed by atoms with van der Waals surface area (Å²) in [6, 6.07) is 41.2. The zero-order valence-electron chi connectivity index (χ0n) is 40.5. The number of para-hydroxylation sites is 1. The number of H-pyrrole nitrogens is 2. The van der Waals surface area contributed by atoms with Crippen molar-refractivity contribution in [3.8, 4) is 50.3 Å². The zero-order valence-corrected chi connectivity index (χ0v) is 40.5. The van der Waals surface area contributed by atoms with Crippen molar-refractivity contribution in [1.82, 2.24) is 34.9 Å². The quantitative estimate of drug-likeness (QED) is 0.117. The maximum absolute atomic E-state index is 16.2. The van der Waals surface area contributed by atoms with Gasteiger partial charge in [-0.3, -0.25) is 9.97 Å². The molecule has 2 aliphatic rings. The molecule has 77 heavy (non-hydrogen) atoms. The molecule has 0 amide bonds. The summed E-state index contributed by atoms with van der Waals surface area (Å²) in [5.41, 5.74) is 3.27. The van der Waals surface area contributed by atoms with Gasteiger partial charge >= 0.3 is 0 Å². The summed E-state index contributed by atoms with van der Waals surface area (Å²) in [7, 11) is 0. The van der Waals surface area contributed by atoms with E-state index in [1.54, 1.807) is 42.7 Å². The van der Waals surface area contributed by atoms with Gasteiger partial charge in [0.2, 0.25) is 0 Å². The van der Waals surface area contributed by atoms with Crippen LogP contribution in [0.25, 0.3) is 90.9 Å². The number of halogens is 6. The molecule has 0 saturated carbocycles. The second kappa shape index (κ2) is 20.4. The smallest absolute Gasteiger partial charge is 0.134 e. The summed E-state index contributed by atoms with van der Waals surface area (Å²) in [4.78, 5) is 32.7. The summed E-state index contributed by atoms with van der Waals surface area (Å²) in [5, 5.41) is 0. The lowest BCUT2D eigenvalue weighted by Crippen LogP contribution is -2.24. The van der Waals surface area contributed by atoms with E-state index in [4.69, 9.17) is 19.7 Å². The Hall–Kier alpha value is -9.89. The Kier molecular flexibility index (Phi) is 12.8. The molecule has 2 aliphatic heterocycles. The third-order valence-corrected chi connectivity index (χ3v) is 13.2. The molecule has 9 nitrogen and oxygen atoms in total. The molecular formula is C62H40F6N8O. The average Bonchev–Trinajstić information content (AvgIpc) is 4.36. The molecule has 0 saturated heterocycles. The van der Waals surface area contributed by atoms with Gasteiger partial charge in [-0.05, 0) is 127 Å². The van der Waals surface area contributed by atoms with E-state index in [1.165, 1.54) is 42.5 Å². The molecule has 0 aliphatic carbocycles. The van der Waals surface area contributed by atoms with Crippen molar-refractivity contribution in [2.24, 2.45) is 0 Å². The predicted octanol–water partition coefficient (Wildman–Crippen LogP) is 15.1. The highest BCUT2D eigenvalue weighted by atomic mass is 19.2. The van der Waals surface area contributed by atoms with Gasteiger partial charge in [0, 0.05) is 62.3 Å². The van der Waals surface area contributed by atoms with Crippen molar-refractivity contribution in [2.45, 2.75) is 19.7 Å². The molecule has 0 atom stereocenters. The van der Waals surface area contributed by atoms with Crippen LogP contribution in [0.15, 0.2) is 170 Å². The molecule has 12 rings (SSSR count). The van der Waals surface area contributed by atoms with E-state index in [0.29, 0.717) is 52.7 Å². The van der Waals surface area contributed by atoms with Crippen molar-refractivity contribution in [1.29, 1.82) is 0 Å². The van der Waals surface area contributed by atoms with Crippen LogP contribution in [-0.4, -0.2) is 34.9 Å². The lowest BCUT2D eigenvalue weighted by Gasteiger charge is -2.23. The number of aromatic nitrogens is 7. The Balaban J connectivity index is 1.08. The van der Waals surface area contributed by atoms with Crippen LogP contribution in [0.3, 0.4) is 0 Å². The van der Waals surface area contributed by atoms with Gasteiger partial charge in [0.15, 0.2) is 0 Å². The van der Waals surface area contributed by atoms with Crippen LogP contribution < -0.4 is 9.64 Å². The highest BCUT2D eigenvalue weighted by molar-refractivity contribution is 6.00. The van der Waals surface area contributed by atoms with Crippen LogP contribution in [0.1, 0.15) is 39.9 Å². The number of pyridine rings is 3. The zero-order chi connectivity index (χ0) is 52.6. The Morgan fingerprint density at radius 2 is 0.753 bits per heavy atom. The molecule has 6 aromatic heterocycles. The van der Waals surface area contributed by atoms with Crippen LogP contribution in [-0.2, 0) is 19.7 Å². The van der Waals surface area contributed by atoms with E-state index in [-0.39, 0.29) is 56.9 Å². The first-order valence-corrected chi connectivity index (χ1v) is 24.4. The Bertz CT molecular complexity index is 4010. The van der Waals surface area contributed by atoms with Gasteiger partial charge < -0.3 is 19.6 Å². The molecule has 376 valence electrons. The fraction of sp³-hybridized carbons (Fsp3) is 0.0484. The van der Waals surface area contributed by atoms with Crippen molar-refractivity contribution in [3.63, 3.8) is 0 Å². The highest BCUT2D eigenvalue weighted by Gasteiger charge is 2.26. The first kappa shape index (κ1) is 48.1. The van der Waals surface area contributed by atoms with E-state index in [9.17, 15) is 0 Å². The molecule has 15 heteroatoms. The predicted molar refractivity (Wildman–Crippen MR) is 287 cm³/mol. The van der Waals surface area contributed by atoms with Gasteiger partial charge in [-0.25, -0.2) is 41.3 Å². The second-order valence-electron chi connectivity index (χ2n) is 18.1. The average molecular weight is 1030 g/mol. The maximum atomic E-state index is 16.2. The van der Waals surface area contributed by atoms with Crippen LogP contribution >= 0.6 is 0 Å². The van der Waals surface area contributed by atoms with E-state index < -0.39 is 51.6 Å². The third-order valence-electron chi connectivity index (χ3n) is 13.2. The largest absolute Gasteiger partial charge is 0.487 e. The number of nitrogens with zero attached hydrogens (tertiary/aromatic N) is 6. The number of benzene rings is 4. The molecular weight excluding hydrogens is 987 g/mol. The lowest BCUT2D eigenvalue weighted by molar-refractivity contribution is 0.302. The van der Waals surface area contributed by atoms with Gasteiger partial charge in [0.05, 0.1) is 69.6 Å². The highest BCUT2D eigenvalue weighted by Crippen LogP contribution is 2.42. The molecule has 2 N–H and O–H groups in total. The summed E-state index contributed by atoms with van der Waals surface area (Å²) < 4.78 is 104. The molecule has 8 bridgehead atoms. The number of nitrogens with one attached hydrogen (secondary N) is 2. The van der Waals surface area contributed by atoms with Crippen LogP contribution in [0.5, 0.6) is 5.75 Å². The monoisotopic (exact) mass is 1030 g/mol. The van der Waals surface area contributed by atoms with Crippen LogP contribution in [0, 0.1) is 34.9 Å². The Morgan fingerprint density at radius 1 is 0.364 bits per heavy atom. The molecule has 0 fully saturated rings. The van der Waals surface area contributed by atoms with Crippen molar-refractivity contribution >= 4 is 52.2 Å². The maximum Gasteiger partial charge on any atom is 0.134 e. The normalized spacial score (nSPS) is 11.8. The van der Waals surface area contributed by atoms with Crippen molar-refractivity contribution in [3.05, 3.63) is 245 Å². The summed E-state index contributed by atoms with van der Waals surface area (Å²) >= 11 is 0. The summed E-state index contributed by atoms with van der Waals surface area (Å²) in [6.07, 6.45) is 9.77. The summed E-state index contributed by atoms with van der Waals surface area (Å²) in [6.45, 7) is 0.921. The first-order chi connectivity index (χ1) is 37.6. The number of hydrogen-bond acceptors (Lipinski definition) is 7. The number of hydrogen-bond donors (Lipinski definition) is 2. The number of fused-ring (bicyclic) bond motifs is 8. The second-order valence-corrected chi connectivity index (χ2v) is 18.1. The Morgan fingerprint density at radius 3 is 1.19 bits per heavy atom. The van der Waals surface area contributed by atoms with Gasteiger partial charge in [-0.15, -0.1) is 0 Å². The SMILES string of the molecule is Fc1cccc(F)c1-c1c2nc(c(-c3c(F)cccc3F)c3ccc([nH]3)c(-c3c(F)cccc3F)c3nc(c(-c4ccccc4OCc4cccc(N(Cc5ccccn5)Cc5ccccn5)n4)c4ccc1[nH]4)C=C3)C=C2. The standard InChI is InChI=1S/C62H40F6N8O/c63-40-15-8-16-41(64)57(40)60-48-25-23-46(72-48)56(39-14-1-2-21-54(39)77-35-38-13-7-22-55(71-38)76(33-36-11-3-5-31-69-36)34-37-12-4-6-32-70-37)47-24-26-49(73-47)61(58-42(65)17-9-18-43(58)66)51-28-30-53(75-51)62(52-29-27-50(60)74-52)59-44(67)19-10-20-45(59)68/h1-32,72,75H,33-35H2. The number of rotatable bonds is 12. The fourth-order valence-electron chi connectivity index (χ4n) is 9.75. The molecule has 4 aromatic carbocycles. The number of anilines is 1. The van der Waals surface area contributed by atoms with Gasteiger partial charge in [0.1, 0.15) is 53.1 Å². The minimum absolute atomic E-state index is 0.00232. The van der Waals surface area contributed by atoms with E-state index >= 15 is 26.3 Å². The fourth-order valence-corrected chi connectivity index (χ4v) is 9.75. The lowest BCUT2D eigenvalue weighted by atomic mass is 10.0. The molecule has 0 unspecified atom stereocenters. The van der Waals surface area contributed by atoms with Crippen LogP contribution in [0.4, 0.5) is 32.2 Å². The van der Waals surface area contributed by atoms with Gasteiger partial charge in [-0.1, -0.05) is 54.6 Å². The number of aromatic amines is 2. The molecule has 0 radical (unpaired) electrons. The molecule has 8 heterocycles. The number of ether oxygens (including phenoxy) is 1. The first-order valence-electron chi connectivity index (χ1n) is 24.4. The van der Waals surface area contributed by atoms with Crippen molar-refractivity contribution < 1.29 is 31.1 Å². The molecule has 10 aromatic rings. The Labute approximate surface area is 436 Å². The third kappa shape index (κ3) is 9.39. The van der Waals surface area contributed by atoms with Gasteiger partial charge in [0.25, 0.3) is 0 Å². The van der Waals surface area contributed by atoms with E-state index in [1.807, 2.05) is 72.8 Å². The van der Waals surface area contributed by atoms with E-state index in [2.05, 4.69) is 24.8 Å². The molecule has 0 spiro atoms. The minimum atomic E-state index is -0.933. The minimum Gasteiger partial charge on any atom is -0.487 e. The topological polar surface area (TPSA) is 108 Å².